The second-order valence-electron chi connectivity index (χ2n) is 3.35. The van der Waals surface area contributed by atoms with Gasteiger partial charge in [0.1, 0.15) is 0 Å². The van der Waals surface area contributed by atoms with Gasteiger partial charge in [-0.3, -0.25) is 9.78 Å². The van der Waals surface area contributed by atoms with Gasteiger partial charge in [0.2, 0.25) is 0 Å². The first-order valence-corrected chi connectivity index (χ1v) is 4.72. The minimum Gasteiger partial charge on any atom is -0.409 e. The van der Waals surface area contributed by atoms with E-state index in [1.165, 1.54) is 17.3 Å². The quantitative estimate of drug-likeness (QED) is 0.333. The molecule has 86 valence electrons. The lowest BCUT2D eigenvalue weighted by Gasteiger charge is -2.23. The molecule has 16 heavy (non-hydrogen) atoms. The molecule has 0 bridgehead atoms. The standard InChI is InChI=1S/C10H14N4O2/c1-7(9(11)13-16)14(2)10(15)8-3-5-12-6-4-8/h3-7,16H,1-2H3,(H2,11,13). The lowest BCUT2D eigenvalue weighted by Crippen LogP contribution is -2.43. The van der Waals surface area contributed by atoms with Crippen LogP contribution in [0.15, 0.2) is 29.7 Å². The Hall–Kier alpha value is -2.11. The highest BCUT2D eigenvalue weighted by Crippen LogP contribution is 2.05. The fraction of sp³-hybridized carbons (Fsp3) is 0.300. The van der Waals surface area contributed by atoms with Crippen molar-refractivity contribution in [1.29, 1.82) is 0 Å². The zero-order valence-corrected chi connectivity index (χ0v) is 9.16. The smallest absolute Gasteiger partial charge is 0.254 e. The van der Waals surface area contributed by atoms with E-state index in [9.17, 15) is 4.79 Å². The number of carbonyl (C=O) groups is 1. The van der Waals surface area contributed by atoms with E-state index in [-0.39, 0.29) is 11.7 Å². The highest BCUT2D eigenvalue weighted by molar-refractivity contribution is 5.97. The van der Waals surface area contributed by atoms with E-state index < -0.39 is 6.04 Å². The molecule has 0 aliphatic heterocycles. The number of nitrogens with zero attached hydrogens (tertiary/aromatic N) is 3. The molecule has 1 amide bonds. The Labute approximate surface area is 93.4 Å². The number of hydrogen-bond donors (Lipinski definition) is 2. The van der Waals surface area contributed by atoms with Gasteiger partial charge in [0.25, 0.3) is 5.91 Å². The second-order valence-corrected chi connectivity index (χ2v) is 3.35. The maximum Gasteiger partial charge on any atom is 0.254 e. The average molecular weight is 222 g/mol. The number of hydrogen-bond acceptors (Lipinski definition) is 4. The molecular weight excluding hydrogens is 208 g/mol. The molecule has 0 saturated carbocycles. The number of amidine groups is 1. The minimum atomic E-state index is -0.467. The Morgan fingerprint density at radius 3 is 2.62 bits per heavy atom. The Morgan fingerprint density at radius 2 is 2.12 bits per heavy atom. The van der Waals surface area contributed by atoms with Gasteiger partial charge in [-0.05, 0) is 19.1 Å². The molecule has 6 heteroatoms. The van der Waals surface area contributed by atoms with E-state index in [1.54, 1.807) is 26.1 Å². The zero-order valence-electron chi connectivity index (χ0n) is 9.16. The number of carbonyl (C=O) groups excluding carboxylic acids is 1. The van der Waals surface area contributed by atoms with E-state index in [0.29, 0.717) is 5.56 Å². The van der Waals surface area contributed by atoms with Crippen molar-refractivity contribution in [3.63, 3.8) is 0 Å². The van der Waals surface area contributed by atoms with Crippen LogP contribution in [0.5, 0.6) is 0 Å². The molecule has 1 aromatic heterocycles. The third-order valence-corrected chi connectivity index (χ3v) is 2.37. The molecule has 1 rings (SSSR count). The first-order chi connectivity index (χ1) is 7.57. The summed E-state index contributed by atoms with van der Waals surface area (Å²) >= 11 is 0. The van der Waals surface area contributed by atoms with Crippen LogP contribution in [0.25, 0.3) is 0 Å². The number of oxime groups is 1. The van der Waals surface area contributed by atoms with Crippen molar-refractivity contribution in [3.05, 3.63) is 30.1 Å². The predicted octanol–water partition coefficient (Wildman–Crippen LogP) is 0.288. The Balaban J connectivity index is 2.83. The predicted molar refractivity (Wildman–Crippen MR) is 59.2 cm³/mol. The van der Waals surface area contributed by atoms with Crippen LogP contribution < -0.4 is 5.73 Å². The summed E-state index contributed by atoms with van der Waals surface area (Å²) in [4.78, 5) is 17.1. The van der Waals surface area contributed by atoms with Crippen molar-refractivity contribution in [2.24, 2.45) is 10.9 Å². The van der Waals surface area contributed by atoms with Crippen LogP contribution in [-0.4, -0.2) is 39.9 Å². The van der Waals surface area contributed by atoms with E-state index >= 15 is 0 Å². The van der Waals surface area contributed by atoms with Gasteiger partial charge < -0.3 is 15.8 Å². The molecule has 0 spiro atoms. The van der Waals surface area contributed by atoms with Gasteiger partial charge in [0.15, 0.2) is 5.84 Å². The first-order valence-electron chi connectivity index (χ1n) is 4.72. The molecule has 1 aromatic rings. The normalized spacial score (nSPS) is 13.2. The van der Waals surface area contributed by atoms with Crippen molar-refractivity contribution >= 4 is 11.7 Å². The summed E-state index contributed by atoms with van der Waals surface area (Å²) in [6.07, 6.45) is 3.07. The van der Waals surface area contributed by atoms with Gasteiger partial charge in [-0.1, -0.05) is 5.16 Å². The lowest BCUT2D eigenvalue weighted by atomic mass is 10.2. The second kappa shape index (κ2) is 5.11. The van der Waals surface area contributed by atoms with Gasteiger partial charge >= 0.3 is 0 Å². The van der Waals surface area contributed by atoms with Gasteiger partial charge in [-0.2, -0.15) is 0 Å². The highest BCUT2D eigenvalue weighted by Gasteiger charge is 2.20. The summed E-state index contributed by atoms with van der Waals surface area (Å²) in [6.45, 7) is 1.67. The van der Waals surface area contributed by atoms with Crippen molar-refractivity contribution in [3.8, 4) is 0 Å². The van der Waals surface area contributed by atoms with E-state index in [0.717, 1.165) is 0 Å². The summed E-state index contributed by atoms with van der Waals surface area (Å²) < 4.78 is 0. The fourth-order valence-electron chi connectivity index (χ4n) is 1.16. The van der Waals surface area contributed by atoms with Crippen molar-refractivity contribution < 1.29 is 10.0 Å². The third-order valence-electron chi connectivity index (χ3n) is 2.37. The summed E-state index contributed by atoms with van der Waals surface area (Å²) in [5.41, 5.74) is 5.94. The van der Waals surface area contributed by atoms with E-state index in [2.05, 4.69) is 10.1 Å². The van der Waals surface area contributed by atoms with Crippen LogP contribution in [0, 0.1) is 0 Å². The Kier molecular flexibility index (Phi) is 3.82. The molecule has 0 saturated heterocycles. The average Bonchev–Trinajstić information content (AvgIpc) is 2.36. The fourth-order valence-corrected chi connectivity index (χ4v) is 1.16. The summed E-state index contributed by atoms with van der Waals surface area (Å²) in [5.74, 6) is -0.216. The Morgan fingerprint density at radius 1 is 1.56 bits per heavy atom. The highest BCUT2D eigenvalue weighted by atomic mass is 16.4. The van der Waals surface area contributed by atoms with Crippen LogP contribution in [0.2, 0.25) is 0 Å². The third kappa shape index (κ3) is 2.47. The lowest BCUT2D eigenvalue weighted by molar-refractivity contribution is 0.0776. The molecular formula is C10H14N4O2. The largest absolute Gasteiger partial charge is 0.409 e. The number of amides is 1. The topological polar surface area (TPSA) is 91.8 Å². The Bertz CT molecular complexity index is 391. The molecule has 0 aliphatic carbocycles. The van der Waals surface area contributed by atoms with Crippen molar-refractivity contribution in [2.75, 3.05) is 7.05 Å². The number of aromatic nitrogens is 1. The van der Waals surface area contributed by atoms with Crippen LogP contribution in [0.4, 0.5) is 0 Å². The molecule has 3 N–H and O–H groups in total. The summed E-state index contributed by atoms with van der Waals surface area (Å²) in [7, 11) is 1.59. The molecule has 0 aliphatic rings. The van der Waals surface area contributed by atoms with Gasteiger partial charge in [-0.25, -0.2) is 0 Å². The maximum absolute atomic E-state index is 11.9. The van der Waals surface area contributed by atoms with Crippen LogP contribution in [-0.2, 0) is 0 Å². The van der Waals surface area contributed by atoms with Gasteiger partial charge in [-0.15, -0.1) is 0 Å². The summed E-state index contributed by atoms with van der Waals surface area (Å²) in [6, 6.07) is 2.75. The SMILES string of the molecule is CC(C(N)=NO)N(C)C(=O)c1ccncc1. The number of pyridine rings is 1. The zero-order chi connectivity index (χ0) is 12.1. The molecule has 1 atom stereocenters. The minimum absolute atomic E-state index is 0.00935. The van der Waals surface area contributed by atoms with E-state index in [1.807, 2.05) is 0 Å². The number of rotatable bonds is 3. The van der Waals surface area contributed by atoms with E-state index in [4.69, 9.17) is 10.9 Å². The maximum atomic E-state index is 11.9. The molecule has 6 nitrogen and oxygen atoms in total. The van der Waals surface area contributed by atoms with Crippen LogP contribution in [0.3, 0.4) is 0 Å². The monoisotopic (exact) mass is 222 g/mol. The number of likely N-dealkylation sites (N-methyl/N-ethyl adjacent to an activating group) is 1. The molecule has 0 radical (unpaired) electrons. The molecule has 1 heterocycles. The molecule has 0 aromatic carbocycles. The van der Waals surface area contributed by atoms with Crippen LogP contribution in [0.1, 0.15) is 17.3 Å². The van der Waals surface area contributed by atoms with Gasteiger partial charge in [0.05, 0.1) is 6.04 Å². The molecule has 0 fully saturated rings. The molecule has 1 unspecified atom stereocenters. The van der Waals surface area contributed by atoms with Crippen LogP contribution >= 0.6 is 0 Å². The van der Waals surface area contributed by atoms with Crippen molar-refractivity contribution in [1.82, 2.24) is 9.88 Å². The van der Waals surface area contributed by atoms with Gasteiger partial charge in [0, 0.05) is 25.0 Å². The summed E-state index contributed by atoms with van der Waals surface area (Å²) in [5, 5.41) is 11.4. The number of nitrogens with two attached hydrogens (primary N) is 1. The first kappa shape index (κ1) is 12.0. The van der Waals surface area contributed by atoms with Crippen molar-refractivity contribution in [2.45, 2.75) is 13.0 Å².